The molecule has 0 fully saturated rings. The lowest BCUT2D eigenvalue weighted by Gasteiger charge is -2.11. The van der Waals surface area contributed by atoms with Gasteiger partial charge >= 0.3 is 6.18 Å². The number of fused-ring (bicyclic) bond motifs is 1. The number of aromatic nitrogens is 3. The number of halogens is 3. The number of H-pyrrole nitrogens is 1. The monoisotopic (exact) mass is 389 g/mol. The van der Waals surface area contributed by atoms with Crippen LogP contribution in [0.2, 0.25) is 0 Å². The lowest BCUT2D eigenvalue weighted by atomic mass is 10.1. The van der Waals surface area contributed by atoms with Crippen molar-refractivity contribution in [2.75, 3.05) is 0 Å². The van der Waals surface area contributed by atoms with E-state index < -0.39 is 11.7 Å². The van der Waals surface area contributed by atoms with Gasteiger partial charge in [0.2, 0.25) is 0 Å². The van der Waals surface area contributed by atoms with Gasteiger partial charge in [0.05, 0.1) is 11.3 Å². The minimum absolute atomic E-state index is 0.231. The largest absolute Gasteiger partial charge is 0.461 e. The zero-order valence-electron chi connectivity index (χ0n) is 14.2. The Hall–Kier alpha value is -2.87. The summed E-state index contributed by atoms with van der Waals surface area (Å²) >= 11 is 5.26. The third kappa shape index (κ3) is 3.16. The molecule has 0 bridgehead atoms. The van der Waals surface area contributed by atoms with Crippen LogP contribution in [0.1, 0.15) is 22.7 Å². The van der Waals surface area contributed by atoms with Gasteiger partial charge in [-0.25, -0.2) is 0 Å². The molecule has 138 valence electrons. The Balaban J connectivity index is 1.81. The van der Waals surface area contributed by atoms with Crippen molar-refractivity contribution >= 4 is 23.2 Å². The minimum Gasteiger partial charge on any atom is -0.461 e. The number of aryl methyl sites for hydroxylation is 1. The molecule has 0 atom stereocenters. The number of hydrogen-bond donors (Lipinski definition) is 1. The van der Waals surface area contributed by atoms with Gasteiger partial charge in [-0.1, -0.05) is 24.3 Å². The van der Waals surface area contributed by atoms with Gasteiger partial charge in [0, 0.05) is 17.4 Å². The third-order valence-corrected chi connectivity index (χ3v) is 4.68. The maximum absolute atomic E-state index is 13.1. The van der Waals surface area contributed by atoms with Gasteiger partial charge in [-0.2, -0.15) is 18.3 Å². The van der Waals surface area contributed by atoms with E-state index in [1.165, 1.54) is 10.6 Å². The van der Waals surface area contributed by atoms with Crippen LogP contribution < -0.4 is 0 Å². The Morgan fingerprint density at radius 1 is 1.15 bits per heavy atom. The van der Waals surface area contributed by atoms with Gasteiger partial charge in [0.15, 0.2) is 4.77 Å². The summed E-state index contributed by atoms with van der Waals surface area (Å²) in [4.78, 5) is 0. The molecule has 8 heteroatoms. The molecule has 0 saturated carbocycles. The van der Waals surface area contributed by atoms with E-state index in [0.29, 0.717) is 17.9 Å². The molecular formula is C19H14F3N3OS. The maximum Gasteiger partial charge on any atom is 0.416 e. The Morgan fingerprint density at radius 3 is 2.70 bits per heavy atom. The average Bonchev–Trinajstić information content (AvgIpc) is 3.15. The van der Waals surface area contributed by atoms with Gasteiger partial charge in [0.1, 0.15) is 17.2 Å². The number of furan rings is 1. The van der Waals surface area contributed by atoms with Crippen LogP contribution in [0.15, 0.2) is 52.9 Å². The summed E-state index contributed by atoms with van der Waals surface area (Å²) in [6, 6.07) is 12.6. The minimum atomic E-state index is -4.43. The fraction of sp³-hybridized carbons (Fsp3) is 0.158. The van der Waals surface area contributed by atoms with Crippen molar-refractivity contribution in [3.63, 3.8) is 0 Å². The van der Waals surface area contributed by atoms with Gasteiger partial charge < -0.3 is 4.42 Å². The second-order valence-corrected chi connectivity index (χ2v) is 6.52. The maximum atomic E-state index is 13.1. The van der Waals surface area contributed by atoms with Gasteiger partial charge in [-0.05, 0) is 43.4 Å². The SMILES string of the molecule is Cc1oc2ccccc2c1Cc1n[nH]c(=S)n1-c1cccc(C(F)(F)F)c1. The number of para-hydroxylation sites is 1. The Morgan fingerprint density at radius 2 is 1.93 bits per heavy atom. The van der Waals surface area contributed by atoms with E-state index in [1.54, 1.807) is 6.07 Å². The molecule has 0 unspecified atom stereocenters. The van der Waals surface area contributed by atoms with Gasteiger partial charge in [-0.3, -0.25) is 9.67 Å². The van der Waals surface area contributed by atoms with E-state index in [2.05, 4.69) is 10.2 Å². The Bertz CT molecular complexity index is 1190. The molecule has 4 nitrogen and oxygen atoms in total. The first-order valence-electron chi connectivity index (χ1n) is 8.15. The average molecular weight is 389 g/mol. The molecule has 0 aliphatic carbocycles. The number of aromatic amines is 1. The van der Waals surface area contributed by atoms with Crippen LogP contribution in [0.4, 0.5) is 13.2 Å². The van der Waals surface area contributed by atoms with Crippen LogP contribution in [0.5, 0.6) is 0 Å². The van der Waals surface area contributed by atoms with Crippen molar-refractivity contribution < 1.29 is 17.6 Å². The van der Waals surface area contributed by atoms with Gasteiger partial charge in [0.25, 0.3) is 0 Å². The highest BCUT2D eigenvalue weighted by molar-refractivity contribution is 7.71. The summed E-state index contributed by atoms with van der Waals surface area (Å²) in [7, 11) is 0. The van der Waals surface area contributed by atoms with Crippen LogP contribution in [-0.2, 0) is 12.6 Å². The normalized spacial score (nSPS) is 12.0. The molecule has 0 saturated heterocycles. The highest BCUT2D eigenvalue weighted by Crippen LogP contribution is 2.31. The first-order valence-corrected chi connectivity index (χ1v) is 8.56. The zero-order chi connectivity index (χ0) is 19.2. The van der Waals surface area contributed by atoms with Crippen molar-refractivity contribution in [1.82, 2.24) is 14.8 Å². The summed E-state index contributed by atoms with van der Waals surface area (Å²) in [5.41, 5.74) is 1.25. The fourth-order valence-corrected chi connectivity index (χ4v) is 3.39. The summed E-state index contributed by atoms with van der Waals surface area (Å²) in [5.74, 6) is 1.25. The molecule has 27 heavy (non-hydrogen) atoms. The van der Waals surface area contributed by atoms with E-state index in [1.807, 2.05) is 31.2 Å². The van der Waals surface area contributed by atoms with Crippen LogP contribution in [0.3, 0.4) is 0 Å². The second kappa shape index (κ2) is 6.38. The predicted octanol–water partition coefficient (Wildman–Crippen LogP) is 5.59. The molecule has 0 radical (unpaired) electrons. The summed E-state index contributed by atoms with van der Waals surface area (Å²) in [6.45, 7) is 1.85. The standard InChI is InChI=1S/C19H14F3N3OS/c1-11-15(14-7-2-3-8-16(14)26-11)10-17-23-24-18(27)25(17)13-6-4-5-12(9-13)19(20,21)22/h2-9H,10H2,1H3,(H,24,27). The van der Waals surface area contributed by atoms with Crippen molar-refractivity contribution in [2.24, 2.45) is 0 Å². The van der Waals surface area contributed by atoms with Crippen molar-refractivity contribution in [1.29, 1.82) is 0 Å². The fourth-order valence-electron chi connectivity index (χ4n) is 3.13. The lowest BCUT2D eigenvalue weighted by Crippen LogP contribution is -2.08. The first-order chi connectivity index (χ1) is 12.8. The van der Waals surface area contributed by atoms with E-state index >= 15 is 0 Å². The molecule has 2 aromatic carbocycles. The number of rotatable bonds is 3. The molecule has 4 rings (SSSR count). The van der Waals surface area contributed by atoms with Crippen LogP contribution >= 0.6 is 12.2 Å². The zero-order valence-corrected chi connectivity index (χ0v) is 15.0. The number of hydrogen-bond acceptors (Lipinski definition) is 3. The molecule has 1 N–H and O–H groups in total. The van der Waals surface area contributed by atoms with Crippen molar-refractivity contribution in [2.45, 2.75) is 19.5 Å². The number of nitrogens with one attached hydrogen (secondary N) is 1. The van der Waals surface area contributed by atoms with Crippen LogP contribution in [-0.4, -0.2) is 14.8 Å². The van der Waals surface area contributed by atoms with Crippen molar-refractivity contribution in [3.8, 4) is 5.69 Å². The number of benzene rings is 2. The van der Waals surface area contributed by atoms with Crippen molar-refractivity contribution in [3.05, 3.63) is 76.0 Å². The number of alkyl halides is 3. The van der Waals surface area contributed by atoms with E-state index in [4.69, 9.17) is 16.6 Å². The summed E-state index contributed by atoms with van der Waals surface area (Å²) in [5, 5.41) is 7.85. The number of nitrogens with zero attached hydrogens (tertiary/aromatic N) is 2. The molecule has 2 aromatic heterocycles. The Kier molecular flexibility index (Phi) is 4.15. The molecule has 0 aliphatic heterocycles. The molecular weight excluding hydrogens is 375 g/mol. The molecule has 0 spiro atoms. The first kappa shape index (κ1) is 17.5. The highest BCUT2D eigenvalue weighted by Gasteiger charge is 2.30. The molecule has 2 heterocycles. The molecule has 4 aromatic rings. The second-order valence-electron chi connectivity index (χ2n) is 6.14. The summed E-state index contributed by atoms with van der Waals surface area (Å²) in [6.07, 6.45) is -4.06. The van der Waals surface area contributed by atoms with E-state index in [0.717, 1.165) is 34.4 Å². The van der Waals surface area contributed by atoms with E-state index in [9.17, 15) is 13.2 Å². The van der Waals surface area contributed by atoms with Crippen LogP contribution in [0.25, 0.3) is 16.7 Å². The molecule has 0 aliphatic rings. The molecule has 0 amide bonds. The predicted molar refractivity (Wildman–Crippen MR) is 97.5 cm³/mol. The summed E-state index contributed by atoms with van der Waals surface area (Å²) < 4.78 is 46.7. The topological polar surface area (TPSA) is 46.8 Å². The quantitative estimate of drug-likeness (QED) is 0.464. The highest BCUT2D eigenvalue weighted by atomic mass is 32.1. The van der Waals surface area contributed by atoms with Gasteiger partial charge in [-0.15, -0.1) is 0 Å². The van der Waals surface area contributed by atoms with E-state index in [-0.39, 0.29) is 4.77 Å². The van der Waals surface area contributed by atoms with Crippen LogP contribution in [0, 0.1) is 11.7 Å². The lowest BCUT2D eigenvalue weighted by molar-refractivity contribution is -0.137. The Labute approximate surface area is 157 Å². The smallest absolute Gasteiger partial charge is 0.416 e. The third-order valence-electron chi connectivity index (χ3n) is 4.41.